The van der Waals surface area contributed by atoms with Crippen LogP contribution in [0.3, 0.4) is 0 Å². The molecular weight excluding hydrogens is 156 g/mol. The van der Waals surface area contributed by atoms with Crippen LogP contribution in [0.4, 0.5) is 0 Å². The first-order valence-corrected chi connectivity index (χ1v) is 4.39. The molecule has 0 radical (unpaired) electrons. The third-order valence-corrected chi connectivity index (χ3v) is 1.66. The molecule has 0 aliphatic rings. The van der Waals surface area contributed by atoms with Gasteiger partial charge in [-0.1, -0.05) is 0 Å². The highest BCUT2D eigenvalue weighted by Crippen LogP contribution is 1.78. The van der Waals surface area contributed by atoms with Crippen LogP contribution in [-0.4, -0.2) is 48.6 Å². The Bertz CT molecular complexity index is 89.1. The minimum Gasteiger partial charge on any atom is -0.395 e. The first-order chi connectivity index (χ1) is 5.70. The van der Waals surface area contributed by atoms with Gasteiger partial charge in [0.2, 0.25) is 0 Å². The summed E-state index contributed by atoms with van der Waals surface area (Å²) in [7, 11) is 0. The molecule has 0 aromatic carbocycles. The maximum atomic E-state index is 8.67. The van der Waals surface area contributed by atoms with Crippen molar-refractivity contribution in [3.05, 3.63) is 0 Å². The van der Waals surface area contributed by atoms with E-state index in [-0.39, 0.29) is 25.3 Å². The molecule has 0 saturated heterocycles. The summed E-state index contributed by atoms with van der Waals surface area (Å²) in [5.74, 6) is 0. The average Bonchev–Trinajstić information content (AvgIpc) is 2.11. The highest BCUT2D eigenvalue weighted by molar-refractivity contribution is 4.62. The van der Waals surface area contributed by atoms with Gasteiger partial charge >= 0.3 is 0 Å². The predicted molar refractivity (Wildman–Crippen MR) is 49.1 cm³/mol. The van der Waals surface area contributed by atoms with Crippen molar-refractivity contribution in [2.75, 3.05) is 26.3 Å². The van der Waals surface area contributed by atoms with E-state index in [1.54, 1.807) is 0 Å². The quantitative estimate of drug-likeness (QED) is 0.373. The van der Waals surface area contributed by atoms with Gasteiger partial charge in [0.05, 0.1) is 13.2 Å². The first-order valence-electron chi connectivity index (χ1n) is 4.39. The van der Waals surface area contributed by atoms with Crippen LogP contribution in [-0.2, 0) is 0 Å². The molecule has 0 aromatic rings. The first kappa shape index (κ1) is 11.8. The molecule has 0 fully saturated rings. The normalized spacial score (nSPS) is 16.0. The van der Waals surface area contributed by atoms with Gasteiger partial charge in [0.1, 0.15) is 0 Å². The van der Waals surface area contributed by atoms with Gasteiger partial charge in [-0.25, -0.2) is 0 Å². The molecule has 4 nitrogen and oxygen atoms in total. The van der Waals surface area contributed by atoms with E-state index in [1.807, 2.05) is 13.8 Å². The van der Waals surface area contributed by atoms with Crippen LogP contribution in [0.5, 0.6) is 0 Å². The van der Waals surface area contributed by atoms with Crippen molar-refractivity contribution < 1.29 is 10.2 Å². The van der Waals surface area contributed by atoms with Crippen LogP contribution in [0.1, 0.15) is 13.8 Å². The highest BCUT2D eigenvalue weighted by atomic mass is 16.3. The Morgan fingerprint density at radius 1 is 0.917 bits per heavy atom. The molecule has 4 heteroatoms. The van der Waals surface area contributed by atoms with E-state index in [1.165, 1.54) is 0 Å². The van der Waals surface area contributed by atoms with E-state index in [0.29, 0.717) is 0 Å². The average molecular weight is 176 g/mol. The molecule has 0 rings (SSSR count). The van der Waals surface area contributed by atoms with E-state index in [2.05, 4.69) is 10.6 Å². The van der Waals surface area contributed by atoms with Crippen LogP contribution >= 0.6 is 0 Å². The third kappa shape index (κ3) is 6.54. The van der Waals surface area contributed by atoms with Crippen molar-refractivity contribution in [1.29, 1.82) is 0 Å². The number of rotatable bonds is 7. The second-order valence-electron chi connectivity index (χ2n) is 3.08. The van der Waals surface area contributed by atoms with E-state index in [0.717, 1.165) is 13.1 Å². The fraction of sp³-hybridized carbons (Fsp3) is 1.00. The van der Waals surface area contributed by atoms with Gasteiger partial charge in [-0.05, 0) is 13.8 Å². The van der Waals surface area contributed by atoms with Crippen molar-refractivity contribution >= 4 is 0 Å². The Morgan fingerprint density at radius 3 is 1.50 bits per heavy atom. The number of aliphatic hydroxyl groups excluding tert-OH is 2. The Hall–Kier alpha value is -0.160. The summed E-state index contributed by atoms with van der Waals surface area (Å²) in [5, 5.41) is 23.6. The summed E-state index contributed by atoms with van der Waals surface area (Å²) in [5.41, 5.74) is 0. The molecule has 0 aliphatic heterocycles. The Kier molecular flexibility index (Phi) is 7.39. The van der Waals surface area contributed by atoms with Gasteiger partial charge < -0.3 is 20.8 Å². The number of hydrogen-bond acceptors (Lipinski definition) is 4. The molecule has 0 heterocycles. The Labute approximate surface area is 74.0 Å². The lowest BCUT2D eigenvalue weighted by atomic mass is 10.3. The fourth-order valence-electron chi connectivity index (χ4n) is 0.766. The molecule has 0 spiro atoms. The van der Waals surface area contributed by atoms with Gasteiger partial charge in [-0.3, -0.25) is 0 Å². The van der Waals surface area contributed by atoms with Crippen molar-refractivity contribution in [1.82, 2.24) is 10.6 Å². The summed E-state index contributed by atoms with van der Waals surface area (Å²) in [6.45, 7) is 5.80. The van der Waals surface area contributed by atoms with Crippen molar-refractivity contribution in [3.8, 4) is 0 Å². The third-order valence-electron chi connectivity index (χ3n) is 1.66. The van der Waals surface area contributed by atoms with E-state index >= 15 is 0 Å². The smallest absolute Gasteiger partial charge is 0.0581 e. The molecule has 12 heavy (non-hydrogen) atoms. The van der Waals surface area contributed by atoms with Gasteiger partial charge in [0, 0.05) is 25.2 Å². The van der Waals surface area contributed by atoms with Gasteiger partial charge in [-0.15, -0.1) is 0 Å². The minimum atomic E-state index is 0.149. The summed E-state index contributed by atoms with van der Waals surface area (Å²) >= 11 is 0. The topological polar surface area (TPSA) is 64.5 Å². The lowest BCUT2D eigenvalue weighted by Crippen LogP contribution is -2.39. The summed E-state index contributed by atoms with van der Waals surface area (Å²) in [6.07, 6.45) is 0. The second-order valence-corrected chi connectivity index (χ2v) is 3.08. The van der Waals surface area contributed by atoms with Crippen LogP contribution < -0.4 is 10.6 Å². The van der Waals surface area contributed by atoms with E-state index in [4.69, 9.17) is 10.2 Å². The largest absolute Gasteiger partial charge is 0.395 e. The minimum absolute atomic E-state index is 0.149. The number of hydrogen-bond donors (Lipinski definition) is 4. The second kappa shape index (κ2) is 7.49. The lowest BCUT2D eigenvalue weighted by molar-refractivity contribution is 0.242. The van der Waals surface area contributed by atoms with Crippen molar-refractivity contribution in [2.45, 2.75) is 25.9 Å². The molecule has 0 aromatic heterocycles. The molecule has 2 atom stereocenters. The fourth-order valence-corrected chi connectivity index (χ4v) is 0.766. The summed E-state index contributed by atoms with van der Waals surface area (Å²) < 4.78 is 0. The van der Waals surface area contributed by atoms with Crippen molar-refractivity contribution in [3.63, 3.8) is 0 Å². The Balaban J connectivity index is 3.10. The zero-order chi connectivity index (χ0) is 9.40. The maximum Gasteiger partial charge on any atom is 0.0581 e. The maximum absolute atomic E-state index is 8.67. The number of aliphatic hydroxyl groups is 2. The predicted octanol–water partition coefficient (Wildman–Crippen LogP) is -1.07. The van der Waals surface area contributed by atoms with Gasteiger partial charge in [-0.2, -0.15) is 0 Å². The molecule has 0 amide bonds. The highest BCUT2D eigenvalue weighted by Gasteiger charge is 1.99. The SMILES string of the molecule is CC(CO)NCCNC(C)CO. The van der Waals surface area contributed by atoms with Crippen LogP contribution in [0.25, 0.3) is 0 Å². The standard InChI is InChI=1S/C8H20N2O2/c1-7(5-11)9-3-4-10-8(2)6-12/h7-12H,3-6H2,1-2H3. The van der Waals surface area contributed by atoms with E-state index < -0.39 is 0 Å². The van der Waals surface area contributed by atoms with Gasteiger partial charge in [0.25, 0.3) is 0 Å². The lowest BCUT2D eigenvalue weighted by Gasteiger charge is -2.13. The molecule has 4 N–H and O–H groups in total. The molecular formula is C8H20N2O2. The van der Waals surface area contributed by atoms with Gasteiger partial charge in [0.15, 0.2) is 0 Å². The van der Waals surface area contributed by atoms with Crippen LogP contribution in [0.2, 0.25) is 0 Å². The monoisotopic (exact) mass is 176 g/mol. The molecule has 74 valence electrons. The number of nitrogens with one attached hydrogen (secondary N) is 2. The molecule has 2 unspecified atom stereocenters. The summed E-state index contributed by atoms with van der Waals surface area (Å²) in [4.78, 5) is 0. The molecule has 0 aliphatic carbocycles. The summed E-state index contributed by atoms with van der Waals surface area (Å²) in [6, 6.07) is 0.299. The molecule has 0 bridgehead atoms. The molecule has 0 saturated carbocycles. The van der Waals surface area contributed by atoms with Crippen LogP contribution in [0, 0.1) is 0 Å². The Morgan fingerprint density at radius 2 is 1.25 bits per heavy atom. The van der Waals surface area contributed by atoms with Crippen LogP contribution in [0.15, 0.2) is 0 Å². The van der Waals surface area contributed by atoms with E-state index in [9.17, 15) is 0 Å². The zero-order valence-corrected chi connectivity index (χ0v) is 7.88. The van der Waals surface area contributed by atoms with Crippen molar-refractivity contribution in [2.24, 2.45) is 0 Å². The zero-order valence-electron chi connectivity index (χ0n) is 7.88.